The van der Waals surface area contributed by atoms with Gasteiger partial charge in [-0.25, -0.2) is 4.39 Å². The van der Waals surface area contributed by atoms with E-state index in [1.807, 2.05) is 42.1 Å². The van der Waals surface area contributed by atoms with Gasteiger partial charge in [-0.2, -0.15) is 5.10 Å². The average molecular weight is 580 g/mol. The number of aromatic nitrogens is 2. The molecule has 2 heterocycles. The van der Waals surface area contributed by atoms with E-state index in [2.05, 4.69) is 29.2 Å². The number of carboxylic acids is 1. The third kappa shape index (κ3) is 8.39. The zero-order valence-corrected chi connectivity index (χ0v) is 23.9. The molecule has 0 aliphatic carbocycles. The summed E-state index contributed by atoms with van der Waals surface area (Å²) in [6.07, 6.45) is 1.58. The maximum Gasteiger partial charge on any atom is 0.303 e. The first kappa shape index (κ1) is 30.2. The summed E-state index contributed by atoms with van der Waals surface area (Å²) >= 11 is 0. The van der Waals surface area contributed by atoms with Crippen LogP contribution >= 0.6 is 12.4 Å². The van der Waals surface area contributed by atoms with E-state index < -0.39 is 5.97 Å². The number of hydrogen-bond acceptors (Lipinski definition) is 5. The molecule has 1 N–H and O–H groups in total. The van der Waals surface area contributed by atoms with Gasteiger partial charge in [0.05, 0.1) is 18.9 Å². The lowest BCUT2D eigenvalue weighted by Gasteiger charge is -2.27. The van der Waals surface area contributed by atoms with Crippen molar-refractivity contribution in [3.05, 3.63) is 118 Å². The minimum atomic E-state index is -0.792. The number of nitrogens with zero attached hydrogens (tertiary/aromatic N) is 3. The topological polar surface area (TPSA) is 76.8 Å². The summed E-state index contributed by atoms with van der Waals surface area (Å²) in [6, 6.07) is 22.6. The molecule has 0 unspecified atom stereocenters. The van der Waals surface area contributed by atoms with Crippen LogP contribution in [0.4, 0.5) is 4.39 Å². The van der Waals surface area contributed by atoms with Gasteiger partial charge in [-0.15, -0.1) is 12.4 Å². The van der Waals surface area contributed by atoms with Crippen molar-refractivity contribution in [3.8, 4) is 5.75 Å². The van der Waals surface area contributed by atoms with E-state index in [1.165, 1.54) is 29.0 Å². The zero-order chi connectivity index (χ0) is 27.9. The molecule has 0 saturated heterocycles. The molecule has 41 heavy (non-hydrogen) atoms. The molecule has 3 aromatic carbocycles. The fourth-order valence-corrected chi connectivity index (χ4v) is 5.04. The number of hydrogen-bond donors (Lipinski definition) is 1. The number of benzene rings is 3. The van der Waals surface area contributed by atoms with E-state index in [9.17, 15) is 9.18 Å². The van der Waals surface area contributed by atoms with Gasteiger partial charge in [-0.05, 0) is 52.9 Å². The van der Waals surface area contributed by atoms with Crippen molar-refractivity contribution in [2.45, 2.75) is 52.2 Å². The SMILES string of the molecule is Cl.Cn1nc(COCc2cccc(F)c2)c2c1CCN(Cc1ccc(COc3ccc(CCC(=O)O)cc3)cc1)C2. The fraction of sp³-hybridized carbons (Fsp3) is 0.312. The van der Waals surface area contributed by atoms with E-state index in [0.717, 1.165) is 54.2 Å². The normalized spacial score (nSPS) is 12.9. The van der Waals surface area contributed by atoms with Crippen LogP contribution in [0, 0.1) is 5.82 Å². The molecule has 5 rings (SSSR count). The number of ether oxygens (including phenoxy) is 2. The summed E-state index contributed by atoms with van der Waals surface area (Å²) < 4.78 is 27.2. The van der Waals surface area contributed by atoms with Crippen LogP contribution in [0.2, 0.25) is 0 Å². The smallest absolute Gasteiger partial charge is 0.303 e. The van der Waals surface area contributed by atoms with Crippen LogP contribution in [0.25, 0.3) is 0 Å². The summed E-state index contributed by atoms with van der Waals surface area (Å²) in [7, 11) is 1.99. The number of aliphatic carboxylic acids is 1. The second kappa shape index (κ2) is 14.3. The number of rotatable bonds is 12. The Morgan fingerprint density at radius 3 is 2.41 bits per heavy atom. The van der Waals surface area contributed by atoms with Gasteiger partial charge in [0.15, 0.2) is 0 Å². The maximum absolute atomic E-state index is 13.5. The van der Waals surface area contributed by atoms with Crippen molar-refractivity contribution < 1.29 is 23.8 Å². The van der Waals surface area contributed by atoms with Crippen LogP contribution < -0.4 is 4.74 Å². The Labute approximate surface area is 245 Å². The highest BCUT2D eigenvalue weighted by molar-refractivity contribution is 5.85. The van der Waals surface area contributed by atoms with Crippen molar-refractivity contribution in [3.63, 3.8) is 0 Å². The molecule has 216 valence electrons. The monoisotopic (exact) mass is 579 g/mol. The van der Waals surface area contributed by atoms with Gasteiger partial charge in [0, 0.05) is 50.8 Å². The van der Waals surface area contributed by atoms with Gasteiger partial charge < -0.3 is 14.6 Å². The summed E-state index contributed by atoms with van der Waals surface area (Å²) in [6.45, 7) is 3.83. The number of carboxylic acid groups (broad SMARTS) is 1. The first-order chi connectivity index (χ1) is 19.4. The molecule has 0 bridgehead atoms. The highest BCUT2D eigenvalue weighted by Crippen LogP contribution is 2.25. The van der Waals surface area contributed by atoms with Gasteiger partial charge in [0.1, 0.15) is 18.2 Å². The molecular formula is C32H35ClFN3O4. The van der Waals surface area contributed by atoms with Crippen molar-refractivity contribution in [2.24, 2.45) is 7.05 Å². The standard InChI is InChI=1S/C32H34FN3O4.ClH/c1-35-31-15-16-36(19-29(31)30(34-35)22-39-20-26-3-2-4-27(33)17-26)18-24-5-7-25(8-6-24)21-40-28-12-9-23(10-13-28)11-14-32(37)38;/h2-10,12-13,17H,11,14-16,18-22H2,1H3,(H,37,38);1H. The van der Waals surface area contributed by atoms with Crippen molar-refractivity contribution in [1.82, 2.24) is 14.7 Å². The van der Waals surface area contributed by atoms with E-state index >= 15 is 0 Å². The molecule has 4 aromatic rings. The van der Waals surface area contributed by atoms with Gasteiger partial charge in [0.25, 0.3) is 0 Å². The lowest BCUT2D eigenvalue weighted by Crippen LogP contribution is -2.30. The molecule has 0 saturated carbocycles. The Kier molecular flexibility index (Phi) is 10.5. The predicted molar refractivity (Wildman–Crippen MR) is 156 cm³/mol. The number of carbonyl (C=O) groups is 1. The van der Waals surface area contributed by atoms with E-state index in [-0.39, 0.29) is 24.6 Å². The Morgan fingerprint density at radius 2 is 1.68 bits per heavy atom. The van der Waals surface area contributed by atoms with Crippen LogP contribution in [0.3, 0.4) is 0 Å². The number of fused-ring (bicyclic) bond motifs is 1. The summed E-state index contributed by atoms with van der Waals surface area (Å²) in [5.41, 5.74) is 7.55. The van der Waals surface area contributed by atoms with Crippen LogP contribution in [0.15, 0.2) is 72.8 Å². The molecular weight excluding hydrogens is 545 g/mol. The molecule has 0 atom stereocenters. The van der Waals surface area contributed by atoms with E-state index in [0.29, 0.717) is 26.2 Å². The predicted octanol–water partition coefficient (Wildman–Crippen LogP) is 5.85. The average Bonchev–Trinajstić information content (AvgIpc) is 3.26. The van der Waals surface area contributed by atoms with Crippen molar-refractivity contribution in [2.75, 3.05) is 6.54 Å². The highest BCUT2D eigenvalue weighted by atomic mass is 35.5. The van der Waals surface area contributed by atoms with Crippen molar-refractivity contribution >= 4 is 18.4 Å². The largest absolute Gasteiger partial charge is 0.489 e. The summed E-state index contributed by atoms with van der Waals surface area (Å²) in [5.74, 6) is -0.285. The van der Waals surface area contributed by atoms with Crippen LogP contribution in [-0.2, 0) is 62.3 Å². The molecule has 0 fully saturated rings. The minimum absolute atomic E-state index is 0. The molecule has 9 heteroatoms. The van der Waals surface area contributed by atoms with Crippen LogP contribution in [-0.4, -0.2) is 32.3 Å². The second-order valence-electron chi connectivity index (χ2n) is 10.2. The minimum Gasteiger partial charge on any atom is -0.489 e. The quantitative estimate of drug-likeness (QED) is 0.227. The zero-order valence-electron chi connectivity index (χ0n) is 23.1. The highest BCUT2D eigenvalue weighted by Gasteiger charge is 2.24. The maximum atomic E-state index is 13.5. The summed E-state index contributed by atoms with van der Waals surface area (Å²) in [4.78, 5) is 13.2. The Bertz CT molecular complexity index is 1440. The number of aryl methyl sites for hydroxylation is 2. The third-order valence-corrected chi connectivity index (χ3v) is 7.19. The Morgan fingerprint density at radius 1 is 0.951 bits per heavy atom. The van der Waals surface area contributed by atoms with Gasteiger partial charge >= 0.3 is 5.97 Å². The van der Waals surface area contributed by atoms with Gasteiger partial charge in [0.2, 0.25) is 0 Å². The Hall–Kier alpha value is -3.72. The lowest BCUT2D eigenvalue weighted by atomic mass is 10.0. The molecule has 1 aliphatic heterocycles. The lowest BCUT2D eigenvalue weighted by molar-refractivity contribution is -0.136. The van der Waals surface area contributed by atoms with Gasteiger partial charge in [-0.1, -0.05) is 48.5 Å². The first-order valence-corrected chi connectivity index (χ1v) is 13.5. The molecule has 0 radical (unpaired) electrons. The summed E-state index contributed by atoms with van der Waals surface area (Å²) in [5, 5.41) is 13.5. The molecule has 0 spiro atoms. The van der Waals surface area contributed by atoms with Crippen LogP contribution in [0.5, 0.6) is 5.75 Å². The molecule has 1 aromatic heterocycles. The fourth-order valence-electron chi connectivity index (χ4n) is 5.04. The first-order valence-electron chi connectivity index (χ1n) is 13.5. The molecule has 7 nitrogen and oxygen atoms in total. The van der Waals surface area contributed by atoms with Crippen LogP contribution in [0.1, 0.15) is 45.6 Å². The Balaban J connectivity index is 0.00000387. The second-order valence-corrected chi connectivity index (χ2v) is 10.2. The molecule has 1 aliphatic rings. The van der Waals surface area contributed by atoms with Gasteiger partial charge in [-0.3, -0.25) is 14.4 Å². The van der Waals surface area contributed by atoms with E-state index in [1.54, 1.807) is 6.07 Å². The van der Waals surface area contributed by atoms with Crippen molar-refractivity contribution in [1.29, 1.82) is 0 Å². The molecule has 0 amide bonds. The van der Waals surface area contributed by atoms with E-state index in [4.69, 9.17) is 19.7 Å². The third-order valence-electron chi connectivity index (χ3n) is 7.19. The number of halogens is 2.